The lowest BCUT2D eigenvalue weighted by atomic mass is 9.99. The second-order valence-corrected chi connectivity index (χ2v) is 5.34. The predicted octanol–water partition coefficient (Wildman–Crippen LogP) is 2.77. The molecule has 0 aliphatic heterocycles. The number of Topliss-reactive ketones (excluding diaryl/α,β-unsaturated/α-hetero) is 1. The molecule has 0 heterocycles. The molecule has 21 heavy (non-hydrogen) atoms. The molecule has 0 amide bonds. The van der Waals surface area contributed by atoms with Crippen molar-refractivity contribution < 1.29 is 14.3 Å². The van der Waals surface area contributed by atoms with Crippen molar-refractivity contribution >= 4 is 11.8 Å². The Morgan fingerprint density at radius 3 is 2.33 bits per heavy atom. The molecule has 0 bridgehead atoms. The average Bonchev–Trinajstić information content (AvgIpc) is 2.46. The zero-order valence-electron chi connectivity index (χ0n) is 12.9. The van der Waals surface area contributed by atoms with Crippen molar-refractivity contribution in [3.8, 4) is 0 Å². The van der Waals surface area contributed by atoms with Crippen LogP contribution in [0.25, 0.3) is 0 Å². The van der Waals surface area contributed by atoms with Crippen LogP contribution in [-0.2, 0) is 27.4 Å². The van der Waals surface area contributed by atoms with E-state index in [2.05, 4.69) is 6.92 Å². The third-order valence-electron chi connectivity index (χ3n) is 3.38. The summed E-state index contributed by atoms with van der Waals surface area (Å²) in [4.78, 5) is 22.7. The second kappa shape index (κ2) is 9.29. The van der Waals surface area contributed by atoms with Crippen molar-refractivity contribution in [1.29, 1.82) is 0 Å². The van der Waals surface area contributed by atoms with Gasteiger partial charge in [-0.3, -0.25) is 9.59 Å². The monoisotopic (exact) mass is 291 g/mol. The first-order chi connectivity index (χ1) is 10.0. The van der Waals surface area contributed by atoms with Gasteiger partial charge in [0.2, 0.25) is 0 Å². The molecule has 1 atom stereocenters. The number of esters is 1. The number of rotatable bonds is 9. The summed E-state index contributed by atoms with van der Waals surface area (Å²) in [5, 5.41) is 0. The fourth-order valence-corrected chi connectivity index (χ4v) is 2.05. The minimum absolute atomic E-state index is 0.0823. The number of carbonyl (C=O) groups is 2. The Labute approximate surface area is 126 Å². The number of ketones is 1. The van der Waals surface area contributed by atoms with E-state index < -0.39 is 0 Å². The van der Waals surface area contributed by atoms with Crippen LogP contribution in [0.4, 0.5) is 0 Å². The lowest BCUT2D eigenvalue weighted by molar-refractivity contribution is -0.142. The van der Waals surface area contributed by atoms with Crippen molar-refractivity contribution in [1.82, 2.24) is 0 Å². The minimum atomic E-state index is -0.364. The van der Waals surface area contributed by atoms with E-state index in [-0.39, 0.29) is 24.4 Å². The third kappa shape index (κ3) is 7.04. The Bertz CT molecular complexity index is 454. The van der Waals surface area contributed by atoms with E-state index in [1.54, 1.807) is 0 Å². The van der Waals surface area contributed by atoms with E-state index in [0.717, 1.165) is 36.8 Å². The second-order valence-electron chi connectivity index (χ2n) is 5.34. The maximum atomic E-state index is 12.0. The first-order valence-corrected chi connectivity index (χ1v) is 7.52. The molecule has 0 aliphatic rings. The highest BCUT2D eigenvalue weighted by Crippen LogP contribution is 2.09. The van der Waals surface area contributed by atoms with E-state index in [9.17, 15) is 9.59 Å². The topological polar surface area (TPSA) is 69.4 Å². The Kier molecular flexibility index (Phi) is 7.69. The lowest BCUT2D eigenvalue weighted by Crippen LogP contribution is -2.31. The summed E-state index contributed by atoms with van der Waals surface area (Å²) >= 11 is 0. The molecule has 0 saturated carbocycles. The summed E-state index contributed by atoms with van der Waals surface area (Å²) in [6, 6.07) is 7.14. The number of nitrogens with two attached hydrogens (primary N) is 1. The zero-order valence-corrected chi connectivity index (χ0v) is 12.9. The summed E-state index contributed by atoms with van der Waals surface area (Å²) in [6.45, 7) is 3.78. The van der Waals surface area contributed by atoms with Crippen molar-refractivity contribution in [3.05, 3.63) is 35.4 Å². The van der Waals surface area contributed by atoms with Crippen molar-refractivity contribution in [2.24, 2.45) is 5.73 Å². The summed E-state index contributed by atoms with van der Waals surface area (Å²) in [5.41, 5.74) is 7.76. The normalized spacial score (nSPS) is 12.0. The van der Waals surface area contributed by atoms with Crippen molar-refractivity contribution in [3.63, 3.8) is 0 Å². The summed E-state index contributed by atoms with van der Waals surface area (Å²) in [6.07, 6.45) is 4.37. The van der Waals surface area contributed by atoms with Gasteiger partial charge in [-0.2, -0.15) is 0 Å². The fraction of sp³-hybridized carbons (Fsp3) is 0.529. The fourth-order valence-electron chi connectivity index (χ4n) is 2.05. The molecular formula is C17H25NO3. The van der Waals surface area contributed by atoms with Crippen molar-refractivity contribution in [2.75, 3.05) is 0 Å². The Morgan fingerprint density at radius 2 is 1.76 bits per heavy atom. The molecule has 0 unspecified atom stereocenters. The van der Waals surface area contributed by atoms with Gasteiger partial charge >= 0.3 is 5.97 Å². The summed E-state index contributed by atoms with van der Waals surface area (Å²) in [7, 11) is 0. The van der Waals surface area contributed by atoms with Gasteiger partial charge in [0.05, 0.1) is 6.04 Å². The lowest BCUT2D eigenvalue weighted by Gasteiger charge is -2.10. The summed E-state index contributed by atoms with van der Waals surface area (Å²) in [5.74, 6) is -0.217. The molecule has 0 fully saturated rings. The average molecular weight is 291 g/mol. The number of hydrogen-bond donors (Lipinski definition) is 1. The molecule has 0 saturated heterocycles. The van der Waals surface area contributed by atoms with Gasteiger partial charge in [0.15, 0.2) is 5.78 Å². The molecule has 1 aromatic carbocycles. The largest absolute Gasteiger partial charge is 0.461 e. The van der Waals surface area contributed by atoms with Gasteiger partial charge in [0.25, 0.3) is 0 Å². The highest BCUT2D eigenvalue weighted by molar-refractivity contribution is 5.85. The van der Waals surface area contributed by atoms with Gasteiger partial charge in [-0.1, -0.05) is 50.5 Å². The predicted molar refractivity (Wildman–Crippen MR) is 82.7 cm³/mol. The Morgan fingerprint density at radius 1 is 1.14 bits per heavy atom. The van der Waals surface area contributed by atoms with Crippen LogP contribution in [0.1, 0.15) is 50.7 Å². The SMILES string of the molecule is CCCCC[C@H](N)C(=O)Cc1ccc(COC(C)=O)cc1. The first kappa shape index (κ1) is 17.4. The van der Waals surface area contributed by atoms with Gasteiger partial charge in [-0.25, -0.2) is 0 Å². The van der Waals surface area contributed by atoms with E-state index in [1.807, 2.05) is 24.3 Å². The number of carbonyl (C=O) groups excluding carboxylic acids is 2. The molecule has 0 aromatic heterocycles. The highest BCUT2D eigenvalue weighted by Gasteiger charge is 2.13. The molecule has 4 heteroatoms. The van der Waals surface area contributed by atoms with Crippen LogP contribution in [0.2, 0.25) is 0 Å². The maximum Gasteiger partial charge on any atom is 0.302 e. The quantitative estimate of drug-likeness (QED) is 0.561. The molecule has 0 aliphatic carbocycles. The standard InChI is InChI=1S/C17H25NO3/c1-3-4-5-6-16(18)17(20)11-14-7-9-15(10-8-14)12-21-13(2)19/h7-10,16H,3-6,11-12,18H2,1-2H3/t16-/m0/s1. The van der Waals surface area contributed by atoms with Crippen LogP contribution >= 0.6 is 0 Å². The van der Waals surface area contributed by atoms with E-state index in [0.29, 0.717) is 6.42 Å². The van der Waals surface area contributed by atoms with Crippen LogP contribution in [-0.4, -0.2) is 17.8 Å². The minimum Gasteiger partial charge on any atom is -0.461 e. The number of ether oxygens (including phenoxy) is 1. The molecule has 0 spiro atoms. The van der Waals surface area contributed by atoms with E-state index in [4.69, 9.17) is 10.5 Å². The van der Waals surface area contributed by atoms with Crippen LogP contribution in [0.15, 0.2) is 24.3 Å². The number of benzene rings is 1. The first-order valence-electron chi connectivity index (χ1n) is 7.52. The zero-order chi connectivity index (χ0) is 15.7. The molecule has 0 radical (unpaired) electrons. The molecular weight excluding hydrogens is 266 g/mol. The van der Waals surface area contributed by atoms with Gasteiger partial charge < -0.3 is 10.5 Å². The third-order valence-corrected chi connectivity index (χ3v) is 3.38. The maximum absolute atomic E-state index is 12.0. The van der Waals surface area contributed by atoms with Crippen LogP contribution in [0.3, 0.4) is 0 Å². The van der Waals surface area contributed by atoms with Crippen molar-refractivity contribution in [2.45, 2.75) is 58.6 Å². The molecule has 116 valence electrons. The van der Waals surface area contributed by atoms with Crippen LogP contribution in [0, 0.1) is 0 Å². The summed E-state index contributed by atoms with van der Waals surface area (Å²) < 4.78 is 4.92. The van der Waals surface area contributed by atoms with Crippen LogP contribution < -0.4 is 5.73 Å². The molecule has 4 nitrogen and oxygen atoms in total. The van der Waals surface area contributed by atoms with E-state index in [1.165, 1.54) is 6.92 Å². The smallest absolute Gasteiger partial charge is 0.302 e. The Balaban J connectivity index is 2.43. The van der Waals surface area contributed by atoms with Gasteiger partial charge in [0, 0.05) is 13.3 Å². The molecule has 2 N–H and O–H groups in total. The van der Waals surface area contributed by atoms with E-state index >= 15 is 0 Å². The molecule has 1 aromatic rings. The number of hydrogen-bond acceptors (Lipinski definition) is 4. The number of unbranched alkanes of at least 4 members (excludes halogenated alkanes) is 2. The highest BCUT2D eigenvalue weighted by atomic mass is 16.5. The van der Waals surface area contributed by atoms with Gasteiger partial charge in [0.1, 0.15) is 6.61 Å². The van der Waals surface area contributed by atoms with Gasteiger partial charge in [-0.05, 0) is 17.5 Å². The van der Waals surface area contributed by atoms with Crippen LogP contribution in [0.5, 0.6) is 0 Å². The van der Waals surface area contributed by atoms with Gasteiger partial charge in [-0.15, -0.1) is 0 Å². The molecule has 1 rings (SSSR count). The Hall–Kier alpha value is -1.68.